The molecule has 0 aromatic carbocycles. The number of hydrogen-bond donors (Lipinski definition) is 2. The van der Waals surface area contributed by atoms with Crippen LogP contribution in [-0.4, -0.2) is 41.1 Å². The van der Waals surface area contributed by atoms with E-state index in [1.165, 1.54) is 0 Å². The van der Waals surface area contributed by atoms with E-state index in [0.717, 1.165) is 32.4 Å². The van der Waals surface area contributed by atoms with Crippen molar-refractivity contribution in [2.45, 2.75) is 52.5 Å². The van der Waals surface area contributed by atoms with Crippen molar-refractivity contribution < 1.29 is 14.7 Å². The second-order valence-electron chi connectivity index (χ2n) is 6.97. The van der Waals surface area contributed by atoms with Gasteiger partial charge >= 0.3 is 12.0 Å². The van der Waals surface area contributed by atoms with E-state index in [2.05, 4.69) is 19.2 Å². The third-order valence-electron chi connectivity index (χ3n) is 4.90. The Kier molecular flexibility index (Phi) is 4.25. The molecule has 0 spiro atoms. The van der Waals surface area contributed by atoms with Crippen molar-refractivity contribution in [1.82, 2.24) is 10.2 Å². The summed E-state index contributed by atoms with van der Waals surface area (Å²) in [5.74, 6) is 0.221. The first kappa shape index (κ1) is 15.1. The molecular weight excluding hydrogens is 256 g/mol. The number of nitrogens with zero attached hydrogens (tertiary/aromatic N) is 1. The SMILES string of the molecule is CC1CC(C)CN(C(=O)NC2CCCC2(C)C(=O)O)C1. The fraction of sp³-hybridized carbons (Fsp3) is 0.867. The van der Waals surface area contributed by atoms with Crippen molar-refractivity contribution in [2.75, 3.05) is 13.1 Å². The van der Waals surface area contributed by atoms with Gasteiger partial charge in [-0.25, -0.2) is 4.79 Å². The highest BCUT2D eigenvalue weighted by atomic mass is 16.4. The Labute approximate surface area is 120 Å². The quantitative estimate of drug-likeness (QED) is 0.816. The lowest BCUT2D eigenvalue weighted by atomic mass is 9.85. The molecule has 2 amide bonds. The van der Waals surface area contributed by atoms with Gasteiger partial charge in [0.25, 0.3) is 0 Å². The summed E-state index contributed by atoms with van der Waals surface area (Å²) in [5, 5.41) is 12.4. The van der Waals surface area contributed by atoms with Crippen LogP contribution in [0.3, 0.4) is 0 Å². The van der Waals surface area contributed by atoms with Crippen LogP contribution < -0.4 is 5.32 Å². The van der Waals surface area contributed by atoms with Gasteiger partial charge in [-0.1, -0.05) is 20.3 Å². The molecule has 20 heavy (non-hydrogen) atoms. The summed E-state index contributed by atoms with van der Waals surface area (Å²) in [7, 11) is 0. The number of likely N-dealkylation sites (tertiary alicyclic amines) is 1. The Balaban J connectivity index is 1.99. The van der Waals surface area contributed by atoms with Crippen LogP contribution in [0.25, 0.3) is 0 Å². The summed E-state index contributed by atoms with van der Waals surface area (Å²) in [6.45, 7) is 7.61. The van der Waals surface area contributed by atoms with Gasteiger partial charge in [0.05, 0.1) is 5.41 Å². The molecule has 0 aromatic heterocycles. The molecule has 0 bridgehead atoms. The van der Waals surface area contributed by atoms with Crippen molar-refractivity contribution in [2.24, 2.45) is 17.3 Å². The van der Waals surface area contributed by atoms with Crippen LogP contribution in [0.5, 0.6) is 0 Å². The average molecular weight is 282 g/mol. The fourth-order valence-electron chi connectivity index (χ4n) is 3.72. The van der Waals surface area contributed by atoms with Crippen LogP contribution >= 0.6 is 0 Å². The summed E-state index contributed by atoms with van der Waals surface area (Å²) in [6, 6.07) is -0.345. The monoisotopic (exact) mass is 282 g/mol. The highest BCUT2D eigenvalue weighted by molar-refractivity contribution is 5.79. The predicted octanol–water partition coefficient (Wildman–Crippen LogP) is 2.32. The van der Waals surface area contributed by atoms with Crippen LogP contribution in [0.1, 0.15) is 46.5 Å². The van der Waals surface area contributed by atoms with E-state index < -0.39 is 11.4 Å². The van der Waals surface area contributed by atoms with Crippen LogP contribution in [0.4, 0.5) is 4.79 Å². The summed E-state index contributed by atoms with van der Waals surface area (Å²) >= 11 is 0. The first-order chi connectivity index (χ1) is 9.33. The number of aliphatic carboxylic acids is 1. The molecule has 0 aromatic rings. The molecule has 4 unspecified atom stereocenters. The minimum Gasteiger partial charge on any atom is -0.481 e. The smallest absolute Gasteiger partial charge is 0.317 e. The normalized spacial score (nSPS) is 37.8. The van der Waals surface area contributed by atoms with Crippen LogP contribution in [-0.2, 0) is 4.79 Å². The molecule has 5 nitrogen and oxygen atoms in total. The van der Waals surface area contributed by atoms with Gasteiger partial charge in [-0.2, -0.15) is 0 Å². The Bertz CT molecular complexity index is 389. The molecule has 2 fully saturated rings. The first-order valence-corrected chi connectivity index (χ1v) is 7.61. The van der Waals surface area contributed by atoms with E-state index in [9.17, 15) is 14.7 Å². The molecule has 5 heteroatoms. The van der Waals surface area contributed by atoms with Gasteiger partial charge in [-0.15, -0.1) is 0 Å². The van der Waals surface area contributed by atoms with Crippen LogP contribution in [0.15, 0.2) is 0 Å². The molecule has 2 aliphatic rings. The molecule has 1 heterocycles. The molecule has 1 saturated carbocycles. The Morgan fingerprint density at radius 2 is 1.85 bits per heavy atom. The van der Waals surface area contributed by atoms with E-state index in [1.807, 2.05) is 4.90 Å². The lowest BCUT2D eigenvalue weighted by Crippen LogP contribution is -2.54. The van der Waals surface area contributed by atoms with Crippen LogP contribution in [0, 0.1) is 17.3 Å². The van der Waals surface area contributed by atoms with Crippen molar-refractivity contribution in [1.29, 1.82) is 0 Å². The molecule has 2 N–H and O–H groups in total. The van der Waals surface area contributed by atoms with Gasteiger partial charge in [-0.05, 0) is 38.0 Å². The number of hydrogen-bond acceptors (Lipinski definition) is 2. The molecule has 1 aliphatic heterocycles. The van der Waals surface area contributed by atoms with Gasteiger partial charge < -0.3 is 15.3 Å². The van der Waals surface area contributed by atoms with E-state index in [1.54, 1.807) is 6.92 Å². The van der Waals surface area contributed by atoms with E-state index in [4.69, 9.17) is 0 Å². The summed E-state index contributed by atoms with van der Waals surface area (Å²) in [6.07, 6.45) is 3.41. The van der Waals surface area contributed by atoms with Gasteiger partial charge in [0.15, 0.2) is 0 Å². The van der Waals surface area contributed by atoms with E-state index in [0.29, 0.717) is 18.3 Å². The molecule has 1 saturated heterocycles. The summed E-state index contributed by atoms with van der Waals surface area (Å²) in [5.41, 5.74) is -0.817. The average Bonchev–Trinajstić information content (AvgIpc) is 2.71. The lowest BCUT2D eigenvalue weighted by Gasteiger charge is -2.37. The topological polar surface area (TPSA) is 69.6 Å². The summed E-state index contributed by atoms with van der Waals surface area (Å²) < 4.78 is 0. The number of urea groups is 1. The maximum Gasteiger partial charge on any atom is 0.317 e. The van der Waals surface area contributed by atoms with Gasteiger partial charge in [0.2, 0.25) is 0 Å². The molecule has 1 aliphatic carbocycles. The zero-order chi connectivity index (χ0) is 14.9. The maximum absolute atomic E-state index is 12.4. The van der Waals surface area contributed by atoms with E-state index >= 15 is 0 Å². The Morgan fingerprint density at radius 1 is 1.25 bits per heavy atom. The number of carboxylic acids is 1. The highest BCUT2D eigenvalue weighted by Crippen LogP contribution is 2.38. The van der Waals surface area contributed by atoms with Crippen LogP contribution in [0.2, 0.25) is 0 Å². The van der Waals surface area contributed by atoms with Crippen molar-refractivity contribution in [3.63, 3.8) is 0 Å². The standard InChI is InChI=1S/C15H26N2O3/c1-10-7-11(2)9-17(8-10)14(20)16-12-5-4-6-15(12,3)13(18)19/h10-12H,4-9H2,1-3H3,(H,16,20)(H,18,19). The Hall–Kier alpha value is -1.26. The number of rotatable bonds is 2. The van der Waals surface area contributed by atoms with Crippen molar-refractivity contribution in [3.8, 4) is 0 Å². The third-order valence-corrected chi connectivity index (χ3v) is 4.90. The first-order valence-electron chi connectivity index (χ1n) is 7.61. The number of piperidine rings is 1. The Morgan fingerprint density at radius 3 is 2.40 bits per heavy atom. The summed E-state index contributed by atoms with van der Waals surface area (Å²) in [4.78, 5) is 25.7. The highest BCUT2D eigenvalue weighted by Gasteiger charge is 2.46. The van der Waals surface area contributed by atoms with Gasteiger partial charge in [0.1, 0.15) is 0 Å². The number of carboxylic acid groups (broad SMARTS) is 1. The largest absolute Gasteiger partial charge is 0.481 e. The fourth-order valence-corrected chi connectivity index (χ4v) is 3.72. The molecular formula is C15H26N2O3. The number of amides is 2. The minimum atomic E-state index is -0.817. The van der Waals surface area contributed by atoms with E-state index in [-0.39, 0.29) is 12.1 Å². The minimum absolute atomic E-state index is 0.0947. The molecule has 0 radical (unpaired) electrons. The lowest BCUT2D eigenvalue weighted by molar-refractivity contribution is -0.148. The molecule has 114 valence electrons. The second-order valence-corrected chi connectivity index (χ2v) is 6.97. The number of carbonyl (C=O) groups excluding carboxylic acids is 1. The zero-order valence-corrected chi connectivity index (χ0v) is 12.7. The maximum atomic E-state index is 12.4. The van der Waals surface area contributed by atoms with Gasteiger partial charge in [-0.3, -0.25) is 4.79 Å². The van der Waals surface area contributed by atoms with Gasteiger partial charge in [0, 0.05) is 19.1 Å². The van der Waals surface area contributed by atoms with Crippen molar-refractivity contribution in [3.05, 3.63) is 0 Å². The number of carbonyl (C=O) groups is 2. The van der Waals surface area contributed by atoms with Crippen molar-refractivity contribution >= 4 is 12.0 Å². The predicted molar refractivity (Wildman–Crippen MR) is 76.4 cm³/mol. The molecule has 4 atom stereocenters. The third kappa shape index (κ3) is 2.91. The second kappa shape index (κ2) is 5.62. The zero-order valence-electron chi connectivity index (χ0n) is 12.7. The number of nitrogens with one attached hydrogen (secondary N) is 1. The molecule has 2 rings (SSSR count).